The Labute approximate surface area is 152 Å². The summed E-state index contributed by atoms with van der Waals surface area (Å²) in [5.74, 6) is 0.352. The molecule has 0 saturated heterocycles. The van der Waals surface area contributed by atoms with Gasteiger partial charge in [0.2, 0.25) is 5.91 Å². The van der Waals surface area contributed by atoms with E-state index in [0.29, 0.717) is 13.0 Å². The molecule has 0 saturated carbocycles. The van der Waals surface area contributed by atoms with Crippen molar-refractivity contribution in [1.29, 1.82) is 0 Å². The van der Waals surface area contributed by atoms with Crippen LogP contribution in [0.25, 0.3) is 0 Å². The molecule has 0 spiro atoms. The molecule has 4 nitrogen and oxygen atoms in total. The van der Waals surface area contributed by atoms with E-state index < -0.39 is 6.04 Å². The van der Waals surface area contributed by atoms with Gasteiger partial charge in [-0.15, -0.1) is 0 Å². The average molecular weight is 360 g/mol. The van der Waals surface area contributed by atoms with Crippen LogP contribution >= 0.6 is 11.8 Å². The zero-order valence-corrected chi connectivity index (χ0v) is 16.7. The SMILES string of the molecule is CCCCCCCCCCCCOC(=O)C(CCSC)NC(C)=O. The maximum absolute atomic E-state index is 12.0. The van der Waals surface area contributed by atoms with Crippen molar-refractivity contribution in [2.75, 3.05) is 18.6 Å². The third-order valence-corrected chi connectivity index (χ3v) is 4.66. The molecule has 0 radical (unpaired) electrons. The molecule has 0 aliphatic carbocycles. The number of amides is 1. The second-order valence-corrected chi connectivity index (χ2v) is 7.37. The molecule has 0 aromatic carbocycles. The number of esters is 1. The fraction of sp³-hybridized carbons (Fsp3) is 0.895. The molecular weight excluding hydrogens is 322 g/mol. The lowest BCUT2D eigenvalue weighted by atomic mass is 10.1. The van der Waals surface area contributed by atoms with Crippen LogP contribution in [0.4, 0.5) is 0 Å². The third kappa shape index (κ3) is 14.9. The first-order valence-corrected chi connectivity index (χ1v) is 10.9. The quantitative estimate of drug-likeness (QED) is 0.320. The third-order valence-electron chi connectivity index (χ3n) is 4.01. The summed E-state index contributed by atoms with van der Waals surface area (Å²) in [6, 6.07) is -0.502. The minimum Gasteiger partial charge on any atom is -0.464 e. The Morgan fingerprint density at radius 2 is 1.50 bits per heavy atom. The van der Waals surface area contributed by atoms with E-state index in [0.717, 1.165) is 18.6 Å². The minimum absolute atomic E-state index is 0.183. The number of hydrogen-bond donors (Lipinski definition) is 1. The number of unbranched alkanes of at least 4 members (excludes halogenated alkanes) is 9. The molecule has 5 heteroatoms. The monoisotopic (exact) mass is 359 g/mol. The lowest BCUT2D eigenvalue weighted by molar-refractivity contribution is -0.147. The maximum Gasteiger partial charge on any atom is 0.328 e. The van der Waals surface area contributed by atoms with Crippen LogP contribution in [0.1, 0.15) is 84.5 Å². The first-order valence-electron chi connectivity index (χ1n) is 9.54. The summed E-state index contributed by atoms with van der Waals surface area (Å²) in [6.45, 7) is 4.14. The summed E-state index contributed by atoms with van der Waals surface area (Å²) >= 11 is 1.66. The van der Waals surface area contributed by atoms with Crippen molar-refractivity contribution in [3.63, 3.8) is 0 Å². The number of thioether (sulfide) groups is 1. The molecule has 1 unspecified atom stereocenters. The molecule has 0 aliphatic heterocycles. The van der Waals surface area contributed by atoms with Crippen molar-refractivity contribution < 1.29 is 14.3 Å². The standard InChI is InChI=1S/C19H37NO3S/c1-4-5-6-7-8-9-10-11-12-13-15-23-19(22)18(14-16-24-3)20-17(2)21/h18H,4-16H2,1-3H3,(H,20,21). The Morgan fingerprint density at radius 1 is 0.958 bits per heavy atom. The fourth-order valence-corrected chi connectivity index (χ4v) is 3.06. The summed E-state index contributed by atoms with van der Waals surface area (Å²) < 4.78 is 5.31. The van der Waals surface area contributed by atoms with E-state index in [4.69, 9.17) is 4.74 Å². The molecule has 1 N–H and O–H groups in total. The maximum atomic E-state index is 12.0. The van der Waals surface area contributed by atoms with Gasteiger partial charge in [-0.3, -0.25) is 4.79 Å². The van der Waals surface area contributed by atoms with Gasteiger partial charge in [-0.2, -0.15) is 11.8 Å². The van der Waals surface area contributed by atoms with Gasteiger partial charge in [-0.1, -0.05) is 64.7 Å². The zero-order valence-electron chi connectivity index (χ0n) is 15.9. The van der Waals surface area contributed by atoms with Gasteiger partial charge in [0.05, 0.1) is 6.61 Å². The first kappa shape index (κ1) is 23.3. The van der Waals surface area contributed by atoms with E-state index in [1.165, 1.54) is 58.3 Å². The normalized spacial score (nSPS) is 12.0. The Hall–Kier alpha value is -0.710. The van der Waals surface area contributed by atoms with Gasteiger partial charge in [0, 0.05) is 6.92 Å². The summed E-state index contributed by atoms with van der Waals surface area (Å²) in [4.78, 5) is 23.2. The number of hydrogen-bond acceptors (Lipinski definition) is 4. The molecule has 0 bridgehead atoms. The molecule has 0 heterocycles. The smallest absolute Gasteiger partial charge is 0.328 e. The second kappa shape index (κ2) is 17.1. The number of carbonyl (C=O) groups excluding carboxylic acids is 2. The van der Waals surface area contributed by atoms with E-state index >= 15 is 0 Å². The van der Waals surface area contributed by atoms with Gasteiger partial charge in [-0.25, -0.2) is 4.79 Å². The molecule has 0 rings (SSSR count). The minimum atomic E-state index is -0.502. The van der Waals surface area contributed by atoms with Crippen LogP contribution in [0.2, 0.25) is 0 Å². The van der Waals surface area contributed by atoms with Gasteiger partial charge < -0.3 is 10.1 Å². The van der Waals surface area contributed by atoms with E-state index in [1.54, 1.807) is 11.8 Å². The first-order chi connectivity index (χ1) is 11.6. The van der Waals surface area contributed by atoms with Gasteiger partial charge >= 0.3 is 5.97 Å². The van der Waals surface area contributed by atoms with Crippen molar-refractivity contribution >= 4 is 23.6 Å². The molecule has 24 heavy (non-hydrogen) atoms. The number of nitrogens with one attached hydrogen (secondary N) is 1. The number of rotatable bonds is 16. The predicted octanol–water partition coefficient (Wildman–Crippen LogP) is 4.71. The summed E-state index contributed by atoms with van der Waals surface area (Å²) in [5.41, 5.74) is 0. The molecule has 0 aliphatic rings. The highest BCUT2D eigenvalue weighted by Crippen LogP contribution is 2.10. The number of ether oxygens (including phenoxy) is 1. The van der Waals surface area contributed by atoms with Gasteiger partial charge in [0.25, 0.3) is 0 Å². The van der Waals surface area contributed by atoms with Crippen molar-refractivity contribution in [3.8, 4) is 0 Å². The second-order valence-electron chi connectivity index (χ2n) is 6.38. The van der Waals surface area contributed by atoms with Crippen LogP contribution in [0.15, 0.2) is 0 Å². The molecule has 1 amide bonds. The van der Waals surface area contributed by atoms with Crippen LogP contribution in [-0.2, 0) is 14.3 Å². The fourth-order valence-electron chi connectivity index (χ4n) is 2.59. The highest BCUT2D eigenvalue weighted by atomic mass is 32.2. The molecule has 0 aromatic rings. The van der Waals surface area contributed by atoms with E-state index in [2.05, 4.69) is 12.2 Å². The molecule has 142 valence electrons. The van der Waals surface area contributed by atoms with Gasteiger partial charge in [-0.05, 0) is 24.9 Å². The summed E-state index contributed by atoms with van der Waals surface area (Å²) in [6.07, 6.45) is 15.2. The van der Waals surface area contributed by atoms with Crippen LogP contribution in [0, 0.1) is 0 Å². The molecule has 1 atom stereocenters. The lowest BCUT2D eigenvalue weighted by Crippen LogP contribution is -2.41. The van der Waals surface area contributed by atoms with Crippen LogP contribution < -0.4 is 5.32 Å². The molecule has 0 aromatic heterocycles. The van der Waals surface area contributed by atoms with Crippen molar-refractivity contribution in [3.05, 3.63) is 0 Å². The molecular formula is C19H37NO3S. The van der Waals surface area contributed by atoms with Crippen LogP contribution in [-0.4, -0.2) is 36.5 Å². The lowest BCUT2D eigenvalue weighted by Gasteiger charge is -2.16. The summed E-state index contributed by atoms with van der Waals surface area (Å²) in [5, 5.41) is 2.68. The Bertz CT molecular complexity index is 324. The Balaban J connectivity index is 3.59. The van der Waals surface area contributed by atoms with Crippen molar-refractivity contribution in [1.82, 2.24) is 5.32 Å². The largest absolute Gasteiger partial charge is 0.464 e. The van der Waals surface area contributed by atoms with Crippen molar-refractivity contribution in [2.24, 2.45) is 0 Å². The van der Waals surface area contributed by atoms with Crippen LogP contribution in [0.3, 0.4) is 0 Å². The predicted molar refractivity (Wildman–Crippen MR) is 103 cm³/mol. The van der Waals surface area contributed by atoms with E-state index in [1.807, 2.05) is 6.26 Å². The highest BCUT2D eigenvalue weighted by Gasteiger charge is 2.20. The topological polar surface area (TPSA) is 55.4 Å². The zero-order chi connectivity index (χ0) is 18.0. The van der Waals surface area contributed by atoms with E-state index in [-0.39, 0.29) is 11.9 Å². The number of carbonyl (C=O) groups is 2. The van der Waals surface area contributed by atoms with E-state index in [9.17, 15) is 9.59 Å². The van der Waals surface area contributed by atoms with Crippen molar-refractivity contribution in [2.45, 2.75) is 90.5 Å². The summed E-state index contributed by atoms with van der Waals surface area (Å²) in [7, 11) is 0. The van der Waals surface area contributed by atoms with Crippen LogP contribution in [0.5, 0.6) is 0 Å². The Kier molecular flexibility index (Phi) is 16.6. The average Bonchev–Trinajstić information content (AvgIpc) is 2.55. The highest BCUT2D eigenvalue weighted by molar-refractivity contribution is 7.98. The van der Waals surface area contributed by atoms with Gasteiger partial charge in [0.1, 0.15) is 6.04 Å². The molecule has 0 fully saturated rings. The van der Waals surface area contributed by atoms with Gasteiger partial charge in [0.15, 0.2) is 0 Å². The Morgan fingerprint density at radius 3 is 2.00 bits per heavy atom.